The molecule has 5 rings (SSSR count). The SMILES string of the molecule is COc1ccc(CNC(=O)Nc2cc3c(-c4cncc(C5(OC)CCOC5)n4)cn(C(=O)OC(C)(C)C)c3cn2)cc1. The van der Waals surface area contributed by atoms with Crippen LogP contribution in [-0.2, 0) is 26.4 Å². The van der Waals surface area contributed by atoms with Crippen LogP contribution in [0.1, 0.15) is 38.4 Å². The van der Waals surface area contributed by atoms with E-state index in [4.69, 9.17) is 23.9 Å². The number of fused-ring (bicyclic) bond motifs is 1. The molecular formula is C30H34N6O6. The second kappa shape index (κ2) is 11.7. The highest BCUT2D eigenvalue weighted by Gasteiger charge is 2.39. The number of anilines is 1. The van der Waals surface area contributed by atoms with E-state index in [1.165, 1.54) is 10.8 Å². The summed E-state index contributed by atoms with van der Waals surface area (Å²) in [6.07, 6.45) is 6.51. The summed E-state index contributed by atoms with van der Waals surface area (Å²) in [5.41, 5.74) is 1.74. The average Bonchev–Trinajstić information content (AvgIpc) is 3.61. The Morgan fingerprint density at radius 3 is 2.57 bits per heavy atom. The number of nitrogens with one attached hydrogen (secondary N) is 2. The Kier molecular flexibility index (Phi) is 8.10. The Labute approximate surface area is 243 Å². The van der Waals surface area contributed by atoms with Gasteiger partial charge >= 0.3 is 12.1 Å². The second-order valence-corrected chi connectivity index (χ2v) is 10.9. The summed E-state index contributed by atoms with van der Waals surface area (Å²) in [5, 5.41) is 6.22. The first-order valence-electron chi connectivity index (χ1n) is 13.5. The molecule has 2 amide bonds. The van der Waals surface area contributed by atoms with E-state index in [1.54, 1.807) is 59.6 Å². The highest BCUT2D eigenvalue weighted by atomic mass is 16.6. The number of ether oxygens (including phenoxy) is 4. The van der Waals surface area contributed by atoms with Crippen LogP contribution in [0, 0.1) is 0 Å². The lowest BCUT2D eigenvalue weighted by Crippen LogP contribution is -2.30. The first-order valence-corrected chi connectivity index (χ1v) is 13.5. The lowest BCUT2D eigenvalue weighted by atomic mass is 9.98. The summed E-state index contributed by atoms with van der Waals surface area (Å²) >= 11 is 0. The highest BCUT2D eigenvalue weighted by Crippen LogP contribution is 2.35. The molecule has 1 aliphatic heterocycles. The normalized spacial score (nSPS) is 16.8. The van der Waals surface area contributed by atoms with Gasteiger partial charge in [0.2, 0.25) is 0 Å². The molecule has 1 unspecified atom stereocenters. The van der Waals surface area contributed by atoms with Crippen molar-refractivity contribution in [2.24, 2.45) is 0 Å². The van der Waals surface area contributed by atoms with Gasteiger partial charge in [0.25, 0.3) is 0 Å². The maximum Gasteiger partial charge on any atom is 0.419 e. The third-order valence-corrected chi connectivity index (χ3v) is 6.89. The standard InChI is InChI=1S/C30H34N6O6/c1-29(2,3)42-28(38)36-17-22(23-14-31-16-25(34-23)30(40-5)10-11-41-18-30)21-12-26(32-15-24(21)36)35-27(37)33-13-19-6-8-20(39-4)9-7-19/h6-9,12,14-17H,10-11,13,18H2,1-5H3,(H2,32,33,35,37). The first kappa shape index (κ1) is 29.0. The van der Waals surface area contributed by atoms with Crippen LogP contribution in [0.3, 0.4) is 0 Å². The minimum absolute atomic E-state index is 0.291. The van der Waals surface area contributed by atoms with Crippen molar-refractivity contribution >= 4 is 28.8 Å². The quantitative estimate of drug-likeness (QED) is 0.316. The Hall–Kier alpha value is -4.55. The van der Waals surface area contributed by atoms with Crippen molar-refractivity contribution in [3.05, 3.63) is 66.4 Å². The molecule has 3 aromatic heterocycles. The van der Waals surface area contributed by atoms with E-state index >= 15 is 0 Å². The van der Waals surface area contributed by atoms with Crippen molar-refractivity contribution in [1.82, 2.24) is 24.8 Å². The van der Waals surface area contributed by atoms with Crippen LogP contribution in [0.4, 0.5) is 15.4 Å². The summed E-state index contributed by atoms with van der Waals surface area (Å²) in [4.78, 5) is 39.6. The number of methoxy groups -OCH3 is 2. The maximum absolute atomic E-state index is 13.2. The third kappa shape index (κ3) is 6.19. The van der Waals surface area contributed by atoms with E-state index in [-0.39, 0.29) is 0 Å². The third-order valence-electron chi connectivity index (χ3n) is 6.89. The van der Waals surface area contributed by atoms with Gasteiger partial charge in [0.1, 0.15) is 22.8 Å². The van der Waals surface area contributed by atoms with E-state index in [9.17, 15) is 9.59 Å². The molecule has 1 fully saturated rings. The summed E-state index contributed by atoms with van der Waals surface area (Å²) in [7, 11) is 3.22. The van der Waals surface area contributed by atoms with Crippen LogP contribution in [0.25, 0.3) is 22.2 Å². The molecule has 0 saturated carbocycles. The number of pyridine rings is 1. The monoisotopic (exact) mass is 574 g/mol. The van der Waals surface area contributed by atoms with Gasteiger partial charge in [0.05, 0.1) is 49.2 Å². The zero-order valence-electron chi connectivity index (χ0n) is 24.3. The van der Waals surface area contributed by atoms with Gasteiger partial charge < -0.3 is 24.3 Å². The van der Waals surface area contributed by atoms with Gasteiger partial charge in [0.15, 0.2) is 0 Å². The fraction of sp³-hybridized carbons (Fsp3) is 0.367. The van der Waals surface area contributed by atoms with Crippen molar-refractivity contribution in [1.29, 1.82) is 0 Å². The summed E-state index contributed by atoms with van der Waals surface area (Å²) < 4.78 is 23.6. The molecule has 0 radical (unpaired) electrons. The zero-order chi connectivity index (χ0) is 29.9. The van der Waals surface area contributed by atoms with E-state index < -0.39 is 23.3 Å². The summed E-state index contributed by atoms with van der Waals surface area (Å²) in [6.45, 7) is 6.62. The predicted octanol–water partition coefficient (Wildman–Crippen LogP) is 4.87. The van der Waals surface area contributed by atoms with E-state index in [2.05, 4.69) is 20.6 Å². The zero-order valence-corrected chi connectivity index (χ0v) is 24.3. The molecular weight excluding hydrogens is 540 g/mol. The number of hydrogen-bond donors (Lipinski definition) is 2. The fourth-order valence-corrected chi connectivity index (χ4v) is 4.67. The van der Waals surface area contributed by atoms with Gasteiger partial charge in [0, 0.05) is 43.8 Å². The Balaban J connectivity index is 1.47. The number of nitrogens with zero attached hydrogens (tertiary/aromatic N) is 4. The Bertz CT molecular complexity index is 1590. The molecule has 0 bridgehead atoms. The fourth-order valence-electron chi connectivity index (χ4n) is 4.67. The molecule has 0 spiro atoms. The average molecular weight is 575 g/mol. The van der Waals surface area contributed by atoms with Crippen molar-refractivity contribution in [3.8, 4) is 17.0 Å². The van der Waals surface area contributed by atoms with Crippen LogP contribution >= 0.6 is 0 Å². The minimum atomic E-state index is -0.711. The van der Waals surface area contributed by atoms with Gasteiger partial charge in [-0.3, -0.25) is 14.9 Å². The Morgan fingerprint density at radius 2 is 1.90 bits per heavy atom. The van der Waals surface area contributed by atoms with Crippen LogP contribution in [-0.4, -0.2) is 64.7 Å². The largest absolute Gasteiger partial charge is 0.497 e. The highest BCUT2D eigenvalue weighted by molar-refractivity contribution is 6.01. The number of benzene rings is 1. The smallest absolute Gasteiger partial charge is 0.419 e. The van der Waals surface area contributed by atoms with Crippen LogP contribution < -0.4 is 15.4 Å². The first-order chi connectivity index (χ1) is 20.1. The second-order valence-electron chi connectivity index (χ2n) is 10.9. The van der Waals surface area contributed by atoms with Crippen molar-refractivity contribution in [2.75, 3.05) is 32.8 Å². The molecule has 1 aromatic carbocycles. The Morgan fingerprint density at radius 1 is 1.12 bits per heavy atom. The molecule has 4 aromatic rings. The summed E-state index contributed by atoms with van der Waals surface area (Å²) in [6, 6.07) is 8.65. The number of amides is 2. The van der Waals surface area contributed by atoms with Crippen LogP contribution in [0.5, 0.6) is 5.75 Å². The number of carbonyl (C=O) groups is 2. The van der Waals surface area contributed by atoms with E-state index in [0.717, 1.165) is 11.3 Å². The van der Waals surface area contributed by atoms with Crippen molar-refractivity contribution in [3.63, 3.8) is 0 Å². The molecule has 12 heteroatoms. The maximum atomic E-state index is 13.2. The van der Waals surface area contributed by atoms with Gasteiger partial charge in [-0.1, -0.05) is 12.1 Å². The predicted molar refractivity (Wildman–Crippen MR) is 155 cm³/mol. The molecule has 1 atom stereocenters. The van der Waals surface area contributed by atoms with Gasteiger partial charge in [-0.2, -0.15) is 0 Å². The lowest BCUT2D eigenvalue weighted by Gasteiger charge is -2.24. The lowest BCUT2D eigenvalue weighted by molar-refractivity contribution is -0.0248. The number of carbonyl (C=O) groups excluding carboxylic acids is 2. The molecule has 220 valence electrons. The topological polar surface area (TPSA) is 139 Å². The molecule has 12 nitrogen and oxygen atoms in total. The van der Waals surface area contributed by atoms with Crippen molar-refractivity contribution < 1.29 is 28.5 Å². The number of rotatable bonds is 7. The molecule has 42 heavy (non-hydrogen) atoms. The van der Waals surface area contributed by atoms with E-state index in [1.807, 2.05) is 24.3 Å². The molecule has 1 saturated heterocycles. The minimum Gasteiger partial charge on any atom is -0.497 e. The molecule has 0 aliphatic carbocycles. The van der Waals surface area contributed by atoms with Crippen LogP contribution in [0.2, 0.25) is 0 Å². The molecule has 4 heterocycles. The van der Waals surface area contributed by atoms with Gasteiger partial charge in [-0.05, 0) is 44.5 Å². The number of aromatic nitrogens is 4. The number of hydrogen-bond acceptors (Lipinski definition) is 9. The van der Waals surface area contributed by atoms with Gasteiger partial charge in [-0.25, -0.2) is 19.6 Å². The molecule has 1 aliphatic rings. The summed E-state index contributed by atoms with van der Waals surface area (Å²) in [5.74, 6) is 1.03. The van der Waals surface area contributed by atoms with Crippen LogP contribution in [0.15, 0.2) is 55.1 Å². The van der Waals surface area contributed by atoms with E-state index in [0.29, 0.717) is 59.9 Å². The molecule has 2 N–H and O–H groups in total. The van der Waals surface area contributed by atoms with Crippen molar-refractivity contribution in [2.45, 2.75) is 44.9 Å². The number of urea groups is 1. The van der Waals surface area contributed by atoms with Gasteiger partial charge in [-0.15, -0.1) is 0 Å².